The summed E-state index contributed by atoms with van der Waals surface area (Å²) in [5.74, 6) is 0.294. The minimum atomic E-state index is -1.12. The molecule has 0 fully saturated rings. The molecule has 0 saturated heterocycles. The smallest absolute Gasteiger partial charge is 0.405 e. The molecule has 2 N–H and O–H groups in total. The third-order valence-electron chi connectivity index (χ3n) is 0.821. The van der Waals surface area contributed by atoms with Crippen molar-refractivity contribution in [3.05, 3.63) is 12.8 Å². The third kappa shape index (κ3) is 4.83. The van der Waals surface area contributed by atoms with Gasteiger partial charge in [0.2, 0.25) is 0 Å². The van der Waals surface area contributed by atoms with Crippen LogP contribution in [-0.4, -0.2) is 30.3 Å². The molecule has 0 atom stereocenters. The molecule has 0 aromatic heterocycles. The fourth-order valence-electron chi connectivity index (χ4n) is 0.402. The highest BCUT2D eigenvalue weighted by Gasteiger charge is 1.96. The molecule has 60 valence electrons. The van der Waals surface area contributed by atoms with Gasteiger partial charge in [-0.05, 0) is 6.72 Å². The van der Waals surface area contributed by atoms with Gasteiger partial charge in [-0.3, -0.25) is 0 Å². The highest BCUT2D eigenvalue weighted by Crippen LogP contribution is 1.79. The number of carboxylic acid groups (broad SMARTS) is 1. The molecule has 0 saturated carbocycles. The first-order valence-electron chi connectivity index (χ1n) is 2.81. The predicted molar refractivity (Wildman–Crippen MR) is 43.2 cm³/mol. The Labute approximate surface area is 64.2 Å². The molecule has 0 radical (unpaired) electrons. The van der Waals surface area contributed by atoms with Gasteiger partial charge in [-0.2, -0.15) is 0 Å². The summed E-state index contributed by atoms with van der Waals surface area (Å²) in [6.07, 6.45) is 0.151. The molecule has 0 unspecified atom stereocenters. The topological polar surface area (TPSA) is 74.0 Å². The van der Waals surface area contributed by atoms with Crippen LogP contribution in [0, 0.1) is 0 Å². The lowest BCUT2D eigenvalue weighted by molar-refractivity contribution is 0.196. The Morgan fingerprint density at radius 2 is 2.36 bits per heavy atom. The molecule has 0 heterocycles. The molecule has 5 nitrogen and oxygen atoms in total. The molecule has 0 rings (SSSR count). The van der Waals surface area contributed by atoms with E-state index in [-0.39, 0.29) is 6.54 Å². The van der Waals surface area contributed by atoms with E-state index in [4.69, 9.17) is 5.11 Å². The predicted octanol–water partition coefficient (Wildman–Crippen LogP) is 0.497. The zero-order valence-electron chi connectivity index (χ0n) is 5.95. The lowest BCUT2D eigenvalue weighted by Gasteiger charge is -1.97. The zero-order valence-corrected chi connectivity index (χ0v) is 5.95. The number of amides is 1. The summed E-state index contributed by atoms with van der Waals surface area (Å²) in [6, 6.07) is 0. The van der Waals surface area contributed by atoms with Crippen molar-refractivity contribution in [1.82, 2.24) is 5.32 Å². The Hall–Kier alpha value is -1.65. The fourth-order valence-corrected chi connectivity index (χ4v) is 0.402. The number of nitrogens with one attached hydrogen (secondary N) is 1. The summed E-state index contributed by atoms with van der Waals surface area (Å²) in [4.78, 5) is 17.1. The maximum absolute atomic E-state index is 9.97. The second kappa shape index (κ2) is 5.16. The van der Waals surface area contributed by atoms with Crippen molar-refractivity contribution in [3.63, 3.8) is 0 Å². The van der Waals surface area contributed by atoms with Gasteiger partial charge in [0.1, 0.15) is 5.84 Å². The zero-order chi connectivity index (χ0) is 8.69. The van der Waals surface area contributed by atoms with Gasteiger partial charge < -0.3 is 10.4 Å². The number of carbonyl (C=O) groups is 1. The van der Waals surface area contributed by atoms with E-state index in [9.17, 15) is 4.79 Å². The second-order valence-electron chi connectivity index (χ2n) is 1.54. The van der Waals surface area contributed by atoms with Gasteiger partial charge in [-0.25, -0.2) is 14.8 Å². The number of aliphatic imine (C=N–C) groups is 2. The number of rotatable bonds is 3. The van der Waals surface area contributed by atoms with Crippen molar-refractivity contribution in [2.24, 2.45) is 9.98 Å². The van der Waals surface area contributed by atoms with Gasteiger partial charge >= 0.3 is 6.09 Å². The lowest BCUT2D eigenvalue weighted by atomic mass is 10.6. The SMILES string of the molecule is C=CN=C(CNC(=O)O)N=C. The quantitative estimate of drug-likeness (QED) is 0.460. The summed E-state index contributed by atoms with van der Waals surface area (Å²) in [5, 5.41) is 10.3. The van der Waals surface area contributed by atoms with Crippen LogP contribution in [0.4, 0.5) is 4.79 Å². The third-order valence-corrected chi connectivity index (χ3v) is 0.821. The van der Waals surface area contributed by atoms with E-state index in [0.717, 1.165) is 0 Å². The average molecular weight is 155 g/mol. The molecule has 0 aliphatic heterocycles. The Bertz CT molecular complexity index is 198. The van der Waals surface area contributed by atoms with Crippen LogP contribution < -0.4 is 5.32 Å². The minimum Gasteiger partial charge on any atom is -0.465 e. The first-order valence-corrected chi connectivity index (χ1v) is 2.81. The van der Waals surface area contributed by atoms with Crippen LogP contribution in [0.1, 0.15) is 0 Å². The molecule has 1 amide bonds. The van der Waals surface area contributed by atoms with E-state index in [1.807, 2.05) is 0 Å². The van der Waals surface area contributed by atoms with Crippen LogP contribution in [-0.2, 0) is 0 Å². The van der Waals surface area contributed by atoms with E-state index < -0.39 is 6.09 Å². The van der Waals surface area contributed by atoms with Crippen LogP contribution in [0.5, 0.6) is 0 Å². The number of nitrogens with zero attached hydrogens (tertiary/aromatic N) is 2. The molecule has 0 bridgehead atoms. The van der Waals surface area contributed by atoms with E-state index >= 15 is 0 Å². The van der Waals surface area contributed by atoms with Crippen LogP contribution in [0.2, 0.25) is 0 Å². The summed E-state index contributed by atoms with van der Waals surface area (Å²) in [6.45, 7) is 6.57. The first-order chi connectivity index (χ1) is 5.20. The molecular formula is C6H9N3O2. The Morgan fingerprint density at radius 1 is 1.73 bits per heavy atom. The summed E-state index contributed by atoms with van der Waals surface area (Å²) >= 11 is 0. The Balaban J connectivity index is 3.88. The molecule has 11 heavy (non-hydrogen) atoms. The largest absolute Gasteiger partial charge is 0.465 e. The van der Waals surface area contributed by atoms with Crippen molar-refractivity contribution in [2.75, 3.05) is 6.54 Å². The van der Waals surface area contributed by atoms with E-state index in [1.54, 1.807) is 0 Å². The normalized spacial score (nSPS) is 10.4. The Morgan fingerprint density at radius 3 is 2.73 bits per heavy atom. The average Bonchev–Trinajstić information content (AvgIpc) is 1.97. The standard InChI is InChI=1S/C6H9N3O2/c1-3-8-5(7-2)4-9-6(10)11/h3,9H,1-2,4H2,(H,10,11). The van der Waals surface area contributed by atoms with Crippen molar-refractivity contribution in [2.45, 2.75) is 0 Å². The van der Waals surface area contributed by atoms with Crippen LogP contribution in [0.25, 0.3) is 0 Å². The van der Waals surface area contributed by atoms with Crippen molar-refractivity contribution in [1.29, 1.82) is 0 Å². The molecule has 0 aliphatic rings. The highest BCUT2D eigenvalue weighted by atomic mass is 16.4. The van der Waals surface area contributed by atoms with Crippen molar-refractivity contribution in [3.8, 4) is 0 Å². The van der Waals surface area contributed by atoms with Crippen molar-refractivity contribution >= 4 is 18.6 Å². The lowest BCUT2D eigenvalue weighted by Crippen LogP contribution is -2.26. The van der Waals surface area contributed by atoms with Gasteiger partial charge in [-0.1, -0.05) is 6.58 Å². The van der Waals surface area contributed by atoms with Crippen molar-refractivity contribution < 1.29 is 9.90 Å². The van der Waals surface area contributed by atoms with Gasteiger partial charge in [-0.15, -0.1) is 0 Å². The maximum atomic E-state index is 9.97. The van der Waals surface area contributed by atoms with Gasteiger partial charge in [0.15, 0.2) is 0 Å². The summed E-state index contributed by atoms with van der Waals surface area (Å²) in [7, 11) is 0. The molecule has 5 heteroatoms. The van der Waals surface area contributed by atoms with Gasteiger partial charge in [0.05, 0.1) is 6.54 Å². The molecule has 0 aromatic rings. The first kappa shape index (κ1) is 9.35. The van der Waals surface area contributed by atoms with Crippen LogP contribution in [0.15, 0.2) is 22.8 Å². The van der Waals surface area contributed by atoms with Crippen LogP contribution >= 0.6 is 0 Å². The van der Waals surface area contributed by atoms with Gasteiger partial charge in [0, 0.05) is 6.20 Å². The van der Waals surface area contributed by atoms with Gasteiger partial charge in [0.25, 0.3) is 0 Å². The van der Waals surface area contributed by atoms with E-state index in [2.05, 4.69) is 28.6 Å². The summed E-state index contributed by atoms with van der Waals surface area (Å²) in [5.41, 5.74) is 0. The van der Waals surface area contributed by atoms with Crippen LogP contribution in [0.3, 0.4) is 0 Å². The Kier molecular flexibility index (Phi) is 4.39. The molecule has 0 spiro atoms. The monoisotopic (exact) mass is 155 g/mol. The van der Waals surface area contributed by atoms with E-state index in [1.165, 1.54) is 6.20 Å². The number of amidine groups is 1. The maximum Gasteiger partial charge on any atom is 0.405 e. The van der Waals surface area contributed by atoms with E-state index in [0.29, 0.717) is 5.84 Å². The molecule has 0 aromatic carbocycles. The number of hydrogen-bond acceptors (Lipinski definition) is 2. The second-order valence-corrected chi connectivity index (χ2v) is 1.54. The molecular weight excluding hydrogens is 146 g/mol. The minimum absolute atomic E-state index is 0.0465. The number of hydrogen-bond donors (Lipinski definition) is 2. The fraction of sp³-hybridized carbons (Fsp3) is 0.167. The molecule has 0 aliphatic carbocycles. The highest BCUT2D eigenvalue weighted by molar-refractivity contribution is 5.90. The summed E-state index contributed by atoms with van der Waals surface area (Å²) < 4.78 is 0.